The molecule has 1 heterocycles. The Bertz CT molecular complexity index is 562. The minimum Gasteiger partial charge on any atom is -0.481 e. The van der Waals surface area contributed by atoms with Crippen molar-refractivity contribution < 1.29 is 17.9 Å². The van der Waals surface area contributed by atoms with E-state index in [2.05, 4.69) is 5.32 Å². The van der Waals surface area contributed by atoms with E-state index >= 15 is 0 Å². The van der Waals surface area contributed by atoms with E-state index in [1.54, 1.807) is 18.1 Å². The van der Waals surface area contributed by atoms with Gasteiger partial charge in [-0.2, -0.15) is 13.2 Å². The summed E-state index contributed by atoms with van der Waals surface area (Å²) < 4.78 is 44.7. The van der Waals surface area contributed by atoms with E-state index in [1.807, 2.05) is 12.1 Å². The lowest BCUT2D eigenvalue weighted by atomic mass is 9.95. The third-order valence-corrected chi connectivity index (χ3v) is 5.52. The predicted molar refractivity (Wildman–Crippen MR) is 81.0 cm³/mol. The van der Waals surface area contributed by atoms with Crippen LogP contribution in [0.2, 0.25) is 0 Å². The number of hydrogen-bond acceptors (Lipinski definition) is 2. The van der Waals surface area contributed by atoms with Crippen LogP contribution in [0, 0.1) is 11.8 Å². The van der Waals surface area contributed by atoms with Gasteiger partial charge in [0.15, 0.2) is 6.10 Å². The van der Waals surface area contributed by atoms with Gasteiger partial charge in [-0.25, -0.2) is 0 Å². The summed E-state index contributed by atoms with van der Waals surface area (Å²) in [6.07, 6.45) is -0.245. The van der Waals surface area contributed by atoms with Crippen molar-refractivity contribution in [3.05, 3.63) is 35.7 Å². The van der Waals surface area contributed by atoms with Gasteiger partial charge in [0, 0.05) is 24.1 Å². The number of rotatable bonds is 2. The van der Waals surface area contributed by atoms with Gasteiger partial charge < -0.3 is 10.1 Å². The highest BCUT2D eigenvalue weighted by molar-refractivity contribution is 5.38. The topological polar surface area (TPSA) is 21.3 Å². The molecule has 1 N–H and O–H groups in total. The largest absolute Gasteiger partial charge is 0.481 e. The quantitative estimate of drug-likeness (QED) is 0.860. The normalized spacial score (nSPS) is 34.0. The van der Waals surface area contributed by atoms with E-state index < -0.39 is 12.3 Å². The zero-order chi connectivity index (χ0) is 16.0. The molecule has 2 fully saturated rings. The molecule has 4 atom stereocenters. The molecule has 0 unspecified atom stereocenters. The molecule has 1 aromatic carbocycles. The van der Waals surface area contributed by atoms with Crippen LogP contribution in [-0.4, -0.2) is 18.3 Å². The number of para-hydroxylation sites is 1. The first-order valence-corrected chi connectivity index (χ1v) is 8.43. The van der Waals surface area contributed by atoms with Gasteiger partial charge in [0.1, 0.15) is 5.75 Å². The van der Waals surface area contributed by atoms with E-state index in [1.165, 1.54) is 19.3 Å². The van der Waals surface area contributed by atoms with E-state index in [-0.39, 0.29) is 12.5 Å². The smallest absolute Gasteiger partial charge is 0.425 e. The number of hydrogen-bond donors (Lipinski definition) is 1. The number of alkyl halides is 3. The van der Waals surface area contributed by atoms with Crippen molar-refractivity contribution in [2.75, 3.05) is 0 Å². The summed E-state index contributed by atoms with van der Waals surface area (Å²) in [5.41, 5.74) is 0.857. The van der Waals surface area contributed by atoms with Crippen LogP contribution in [0.15, 0.2) is 24.3 Å². The van der Waals surface area contributed by atoms with Gasteiger partial charge in [-0.1, -0.05) is 24.6 Å². The molecule has 2 saturated carbocycles. The minimum absolute atomic E-state index is 0.0446. The average molecular weight is 324 g/mol. The van der Waals surface area contributed by atoms with Crippen LogP contribution < -0.4 is 10.1 Å². The standard InChI is InChI=1S/C18H21F3NO/c19-18(20,21)17-10-15(14-6-1-2-7-16(14)23-17)22-13-8-11-4-3-5-12(11)9-13/h1-2,6-7,11,13,15,17,22H,3-5,8-10H2/t11-,13+,15-,17+/m1/s1. The van der Waals surface area contributed by atoms with Crippen molar-refractivity contribution in [1.82, 2.24) is 5.32 Å². The zero-order valence-corrected chi connectivity index (χ0v) is 12.9. The summed E-state index contributed by atoms with van der Waals surface area (Å²) in [6, 6.07) is 7.13. The first kappa shape index (κ1) is 15.3. The number of ether oxygens (including phenoxy) is 1. The van der Waals surface area contributed by atoms with Gasteiger partial charge in [-0.05, 0) is 43.6 Å². The van der Waals surface area contributed by atoms with Gasteiger partial charge >= 0.3 is 6.18 Å². The molecule has 1 aliphatic heterocycles. The third-order valence-electron chi connectivity index (χ3n) is 5.52. The molecule has 2 aliphatic carbocycles. The summed E-state index contributed by atoms with van der Waals surface area (Å²) >= 11 is 0. The maximum Gasteiger partial charge on any atom is 0.425 e. The van der Waals surface area contributed by atoms with Crippen LogP contribution in [0.3, 0.4) is 0 Å². The molecule has 4 rings (SSSR count). The van der Waals surface area contributed by atoms with Crippen molar-refractivity contribution in [2.24, 2.45) is 5.92 Å². The van der Waals surface area contributed by atoms with Crippen LogP contribution in [0.5, 0.6) is 5.75 Å². The molecule has 0 saturated heterocycles. The van der Waals surface area contributed by atoms with E-state index in [0.717, 1.165) is 18.4 Å². The van der Waals surface area contributed by atoms with Crippen LogP contribution in [-0.2, 0) is 0 Å². The summed E-state index contributed by atoms with van der Waals surface area (Å²) in [4.78, 5) is 0. The average Bonchev–Trinajstić information content (AvgIpc) is 3.07. The second kappa shape index (κ2) is 5.69. The first-order valence-electron chi connectivity index (χ1n) is 8.43. The van der Waals surface area contributed by atoms with Crippen LogP contribution in [0.25, 0.3) is 0 Å². The summed E-state index contributed by atoms with van der Waals surface area (Å²) in [6.45, 7) is 0. The molecule has 0 amide bonds. The van der Waals surface area contributed by atoms with Crippen molar-refractivity contribution in [3.8, 4) is 5.75 Å². The SMILES string of the molecule is FC(F)(F)[C@@H]1C[C@@H](N[C@@H]2C[C]3CCC[C@@H]3C2)c2ccccc2O1. The van der Waals surface area contributed by atoms with E-state index in [0.29, 0.717) is 17.7 Å². The molecule has 125 valence electrons. The Hall–Kier alpha value is -1.23. The molecule has 0 spiro atoms. The van der Waals surface area contributed by atoms with Crippen LogP contribution >= 0.6 is 0 Å². The molecular weight excluding hydrogens is 303 g/mol. The van der Waals surface area contributed by atoms with Gasteiger partial charge in [0.05, 0.1) is 0 Å². The molecule has 23 heavy (non-hydrogen) atoms. The fraction of sp³-hybridized carbons (Fsp3) is 0.611. The lowest BCUT2D eigenvalue weighted by Gasteiger charge is -2.35. The van der Waals surface area contributed by atoms with Crippen LogP contribution in [0.4, 0.5) is 13.2 Å². The highest BCUT2D eigenvalue weighted by Gasteiger charge is 2.47. The lowest BCUT2D eigenvalue weighted by Crippen LogP contribution is -2.43. The fourth-order valence-corrected chi connectivity index (χ4v) is 4.47. The molecule has 0 bridgehead atoms. The van der Waals surface area contributed by atoms with Crippen molar-refractivity contribution in [3.63, 3.8) is 0 Å². The molecule has 0 aromatic heterocycles. The Kier molecular flexibility index (Phi) is 3.79. The Balaban J connectivity index is 1.52. The Morgan fingerprint density at radius 2 is 1.96 bits per heavy atom. The maximum absolute atomic E-state index is 13.2. The molecule has 1 aromatic rings. The maximum atomic E-state index is 13.2. The number of fused-ring (bicyclic) bond motifs is 2. The molecule has 5 heteroatoms. The molecule has 3 aliphatic rings. The molecule has 1 radical (unpaired) electrons. The number of halogens is 3. The molecule has 2 nitrogen and oxygen atoms in total. The van der Waals surface area contributed by atoms with Crippen molar-refractivity contribution in [2.45, 2.75) is 62.9 Å². The second-order valence-electron chi connectivity index (χ2n) is 7.03. The third kappa shape index (κ3) is 2.95. The summed E-state index contributed by atoms with van der Waals surface area (Å²) in [5, 5.41) is 3.50. The highest BCUT2D eigenvalue weighted by atomic mass is 19.4. The monoisotopic (exact) mass is 324 g/mol. The van der Waals surface area contributed by atoms with Crippen molar-refractivity contribution in [1.29, 1.82) is 0 Å². The van der Waals surface area contributed by atoms with Gasteiger partial charge in [-0.3, -0.25) is 0 Å². The first-order chi connectivity index (χ1) is 11.0. The van der Waals surface area contributed by atoms with Crippen LogP contribution in [0.1, 0.15) is 50.1 Å². The second-order valence-corrected chi connectivity index (χ2v) is 7.03. The van der Waals surface area contributed by atoms with Crippen molar-refractivity contribution >= 4 is 0 Å². The fourth-order valence-electron chi connectivity index (χ4n) is 4.47. The summed E-state index contributed by atoms with van der Waals surface area (Å²) in [7, 11) is 0. The van der Waals surface area contributed by atoms with Gasteiger partial charge in [0.25, 0.3) is 0 Å². The Labute approximate surface area is 134 Å². The minimum atomic E-state index is -4.33. The zero-order valence-electron chi connectivity index (χ0n) is 12.9. The Morgan fingerprint density at radius 1 is 1.13 bits per heavy atom. The highest BCUT2D eigenvalue weighted by Crippen LogP contribution is 2.47. The number of nitrogens with one attached hydrogen (secondary N) is 1. The number of benzene rings is 1. The summed E-state index contributed by atoms with van der Waals surface area (Å²) in [5.74, 6) is 2.68. The predicted octanol–water partition coefficient (Wildman–Crippen LogP) is 4.57. The lowest BCUT2D eigenvalue weighted by molar-refractivity contribution is -0.201. The van der Waals surface area contributed by atoms with E-state index in [4.69, 9.17) is 4.74 Å². The molecular formula is C18H21F3NO. The Morgan fingerprint density at radius 3 is 2.74 bits per heavy atom. The van der Waals surface area contributed by atoms with E-state index in [9.17, 15) is 13.2 Å². The van der Waals surface area contributed by atoms with Gasteiger partial charge in [-0.15, -0.1) is 0 Å². The van der Waals surface area contributed by atoms with Gasteiger partial charge in [0.2, 0.25) is 0 Å².